The SMILES string of the molecule is CN1CC[C@H](SS[C@H]2CCN(C)C2)C1. The third-order valence-electron chi connectivity index (χ3n) is 3.02. The summed E-state index contributed by atoms with van der Waals surface area (Å²) in [6, 6.07) is 0. The van der Waals surface area contributed by atoms with Crippen LogP contribution in [-0.4, -0.2) is 60.6 Å². The summed E-state index contributed by atoms with van der Waals surface area (Å²) in [5, 5.41) is 1.77. The Morgan fingerprint density at radius 1 is 0.857 bits per heavy atom. The molecule has 0 bridgehead atoms. The van der Waals surface area contributed by atoms with Crippen LogP contribution in [0.1, 0.15) is 12.8 Å². The lowest BCUT2D eigenvalue weighted by molar-refractivity contribution is 0.419. The second-order valence-electron chi connectivity index (χ2n) is 4.54. The molecular formula is C10H20N2S2. The Kier molecular flexibility index (Phi) is 4.05. The second-order valence-corrected chi connectivity index (χ2v) is 7.41. The first-order valence-corrected chi connectivity index (χ1v) is 7.71. The summed E-state index contributed by atoms with van der Waals surface area (Å²) >= 11 is 0. The van der Waals surface area contributed by atoms with Crippen molar-refractivity contribution in [3.05, 3.63) is 0 Å². The van der Waals surface area contributed by atoms with Crippen molar-refractivity contribution in [3.8, 4) is 0 Å². The first-order chi connectivity index (χ1) is 6.74. The van der Waals surface area contributed by atoms with Gasteiger partial charge in [0.25, 0.3) is 0 Å². The van der Waals surface area contributed by atoms with Crippen molar-refractivity contribution < 1.29 is 0 Å². The van der Waals surface area contributed by atoms with Gasteiger partial charge in [-0.3, -0.25) is 0 Å². The number of rotatable bonds is 3. The first kappa shape index (κ1) is 11.1. The van der Waals surface area contributed by atoms with E-state index in [1.807, 2.05) is 0 Å². The Labute approximate surface area is 95.2 Å². The topological polar surface area (TPSA) is 6.48 Å². The molecule has 2 saturated heterocycles. The van der Waals surface area contributed by atoms with Crippen LogP contribution in [0.15, 0.2) is 0 Å². The molecule has 2 aliphatic heterocycles. The van der Waals surface area contributed by atoms with Crippen molar-refractivity contribution in [3.63, 3.8) is 0 Å². The van der Waals surface area contributed by atoms with Crippen LogP contribution in [0, 0.1) is 0 Å². The highest BCUT2D eigenvalue weighted by atomic mass is 33.1. The summed E-state index contributed by atoms with van der Waals surface area (Å²) in [4.78, 5) is 4.89. The molecule has 0 N–H and O–H groups in total. The molecule has 0 aliphatic carbocycles. The highest BCUT2D eigenvalue weighted by Gasteiger charge is 2.24. The molecule has 0 radical (unpaired) electrons. The fourth-order valence-corrected chi connectivity index (χ4v) is 5.34. The Hall–Kier alpha value is 0.620. The van der Waals surface area contributed by atoms with Crippen LogP contribution in [0.3, 0.4) is 0 Å². The van der Waals surface area contributed by atoms with E-state index in [1.165, 1.54) is 39.0 Å². The van der Waals surface area contributed by atoms with Crippen molar-refractivity contribution in [2.45, 2.75) is 23.3 Å². The van der Waals surface area contributed by atoms with Gasteiger partial charge in [0.05, 0.1) is 0 Å². The van der Waals surface area contributed by atoms with Gasteiger partial charge in [-0.15, -0.1) is 0 Å². The number of hydrogen-bond donors (Lipinski definition) is 0. The lowest BCUT2D eigenvalue weighted by atomic mass is 10.4. The average Bonchev–Trinajstić information content (AvgIpc) is 2.72. The van der Waals surface area contributed by atoms with E-state index in [1.54, 1.807) is 0 Å². The zero-order chi connectivity index (χ0) is 9.97. The molecule has 2 aliphatic rings. The Balaban J connectivity index is 1.63. The van der Waals surface area contributed by atoms with E-state index >= 15 is 0 Å². The molecule has 0 unspecified atom stereocenters. The van der Waals surface area contributed by atoms with Crippen molar-refractivity contribution in [2.75, 3.05) is 40.3 Å². The maximum Gasteiger partial charge on any atom is 0.0291 e. The predicted octanol–water partition coefficient (Wildman–Crippen LogP) is 1.78. The highest BCUT2D eigenvalue weighted by molar-refractivity contribution is 8.77. The standard InChI is InChI=1S/C10H20N2S2/c1-11-5-3-9(7-11)13-14-10-4-6-12(2)8-10/h9-10H,3-8H2,1-2H3/t9-,10-/m0/s1. The van der Waals surface area contributed by atoms with E-state index in [4.69, 9.17) is 0 Å². The largest absolute Gasteiger partial charge is 0.305 e. The minimum absolute atomic E-state index is 0.885. The van der Waals surface area contributed by atoms with E-state index in [0.717, 1.165) is 10.5 Å². The van der Waals surface area contributed by atoms with E-state index in [-0.39, 0.29) is 0 Å². The minimum Gasteiger partial charge on any atom is -0.305 e. The maximum atomic E-state index is 2.44. The lowest BCUT2D eigenvalue weighted by Crippen LogP contribution is -2.16. The molecule has 2 fully saturated rings. The molecule has 0 amide bonds. The summed E-state index contributed by atoms with van der Waals surface area (Å²) in [6.07, 6.45) is 2.77. The van der Waals surface area contributed by atoms with Crippen molar-refractivity contribution in [2.24, 2.45) is 0 Å². The molecule has 14 heavy (non-hydrogen) atoms. The van der Waals surface area contributed by atoms with Gasteiger partial charge in [-0.2, -0.15) is 0 Å². The quantitative estimate of drug-likeness (QED) is 0.684. The molecule has 0 aromatic carbocycles. The maximum absolute atomic E-state index is 2.44. The number of likely N-dealkylation sites (tertiary alicyclic amines) is 2. The van der Waals surface area contributed by atoms with E-state index in [0.29, 0.717) is 0 Å². The normalized spacial score (nSPS) is 35.6. The molecule has 2 heterocycles. The summed E-state index contributed by atoms with van der Waals surface area (Å²) in [5.41, 5.74) is 0. The fraction of sp³-hybridized carbons (Fsp3) is 1.00. The van der Waals surface area contributed by atoms with E-state index in [2.05, 4.69) is 45.5 Å². The van der Waals surface area contributed by atoms with Gasteiger partial charge in [-0.05, 0) is 40.0 Å². The summed E-state index contributed by atoms with van der Waals surface area (Å²) in [6.45, 7) is 5.17. The Bertz CT molecular complexity index is 169. The molecule has 82 valence electrons. The summed E-state index contributed by atoms with van der Waals surface area (Å²) in [5.74, 6) is 0. The van der Waals surface area contributed by atoms with Crippen molar-refractivity contribution in [1.82, 2.24) is 9.80 Å². The van der Waals surface area contributed by atoms with Crippen LogP contribution >= 0.6 is 21.6 Å². The molecular weight excluding hydrogens is 212 g/mol. The molecule has 0 aromatic heterocycles. The highest BCUT2D eigenvalue weighted by Crippen LogP contribution is 2.38. The number of hydrogen-bond acceptors (Lipinski definition) is 4. The van der Waals surface area contributed by atoms with Gasteiger partial charge in [0.15, 0.2) is 0 Å². The van der Waals surface area contributed by atoms with Gasteiger partial charge < -0.3 is 9.80 Å². The average molecular weight is 232 g/mol. The fourth-order valence-electron chi connectivity index (χ4n) is 2.10. The lowest BCUT2D eigenvalue weighted by Gasteiger charge is -2.13. The molecule has 2 atom stereocenters. The van der Waals surface area contributed by atoms with Gasteiger partial charge in [-0.25, -0.2) is 0 Å². The van der Waals surface area contributed by atoms with Crippen molar-refractivity contribution in [1.29, 1.82) is 0 Å². The van der Waals surface area contributed by atoms with Crippen LogP contribution < -0.4 is 0 Å². The molecule has 4 heteroatoms. The van der Waals surface area contributed by atoms with E-state index in [9.17, 15) is 0 Å². The van der Waals surface area contributed by atoms with Crippen LogP contribution in [0.2, 0.25) is 0 Å². The van der Waals surface area contributed by atoms with Gasteiger partial charge in [0.1, 0.15) is 0 Å². The molecule has 0 spiro atoms. The second kappa shape index (κ2) is 5.10. The summed E-state index contributed by atoms with van der Waals surface area (Å²) < 4.78 is 0. The molecule has 0 aromatic rings. The van der Waals surface area contributed by atoms with Crippen LogP contribution in [-0.2, 0) is 0 Å². The number of nitrogens with zero attached hydrogens (tertiary/aromatic N) is 2. The Morgan fingerprint density at radius 3 is 1.57 bits per heavy atom. The third kappa shape index (κ3) is 3.05. The van der Waals surface area contributed by atoms with Gasteiger partial charge in [0.2, 0.25) is 0 Å². The van der Waals surface area contributed by atoms with Crippen LogP contribution in [0.4, 0.5) is 0 Å². The molecule has 2 rings (SSSR count). The van der Waals surface area contributed by atoms with E-state index < -0.39 is 0 Å². The third-order valence-corrected chi connectivity index (χ3v) is 6.42. The smallest absolute Gasteiger partial charge is 0.0291 e. The molecule has 0 saturated carbocycles. The van der Waals surface area contributed by atoms with Gasteiger partial charge in [-0.1, -0.05) is 21.6 Å². The Morgan fingerprint density at radius 2 is 1.29 bits per heavy atom. The zero-order valence-electron chi connectivity index (χ0n) is 9.11. The molecule has 2 nitrogen and oxygen atoms in total. The summed E-state index contributed by atoms with van der Waals surface area (Å²) in [7, 11) is 8.73. The predicted molar refractivity (Wildman–Crippen MR) is 67.0 cm³/mol. The van der Waals surface area contributed by atoms with Gasteiger partial charge >= 0.3 is 0 Å². The van der Waals surface area contributed by atoms with Crippen molar-refractivity contribution >= 4 is 21.6 Å². The van der Waals surface area contributed by atoms with Crippen LogP contribution in [0.5, 0.6) is 0 Å². The van der Waals surface area contributed by atoms with Gasteiger partial charge in [0, 0.05) is 23.6 Å². The first-order valence-electron chi connectivity index (χ1n) is 5.43. The monoisotopic (exact) mass is 232 g/mol. The zero-order valence-corrected chi connectivity index (χ0v) is 10.7. The van der Waals surface area contributed by atoms with Crippen LogP contribution in [0.25, 0.3) is 0 Å². The minimum atomic E-state index is 0.885.